The monoisotopic (exact) mass is 516 g/mol. The summed E-state index contributed by atoms with van der Waals surface area (Å²) in [6.45, 7) is 4.09. The molecule has 4 heterocycles. The topological polar surface area (TPSA) is 117 Å². The fraction of sp³-hybridized carbons (Fsp3) is 0.480. The Kier molecular flexibility index (Phi) is 6.73. The Bertz CT molecular complexity index is 1290. The number of nitrogens with one attached hydrogen (secondary N) is 1. The number of hydrogen-bond acceptors (Lipinski definition) is 10. The number of benzene rings is 1. The van der Waals surface area contributed by atoms with Gasteiger partial charge < -0.3 is 34.9 Å². The zero-order valence-electron chi connectivity index (χ0n) is 21.2. The van der Waals surface area contributed by atoms with E-state index >= 15 is 8.78 Å². The average Bonchev–Trinajstić information content (AvgIpc) is 2.88. The van der Waals surface area contributed by atoms with Crippen molar-refractivity contribution in [2.45, 2.75) is 31.0 Å². The Morgan fingerprint density at radius 1 is 1.11 bits per heavy atom. The number of rotatable bonds is 7. The fourth-order valence-electron chi connectivity index (χ4n) is 4.66. The van der Waals surface area contributed by atoms with Crippen LogP contribution < -0.4 is 25.4 Å². The highest BCUT2D eigenvalue weighted by Gasteiger charge is 2.41. The molecule has 0 amide bonds. The lowest BCUT2D eigenvalue weighted by molar-refractivity contribution is -0.0170. The maximum absolute atomic E-state index is 15.3. The summed E-state index contributed by atoms with van der Waals surface area (Å²) in [6, 6.07) is 2.47. The van der Waals surface area contributed by atoms with Crippen LogP contribution in [-0.4, -0.2) is 80.3 Å². The molecule has 3 aromatic rings. The third-order valence-electron chi connectivity index (χ3n) is 6.94. The lowest BCUT2D eigenvalue weighted by Crippen LogP contribution is -2.61. The van der Waals surface area contributed by atoms with Crippen molar-refractivity contribution in [3.63, 3.8) is 0 Å². The summed E-state index contributed by atoms with van der Waals surface area (Å²) in [5, 5.41) is 3.81. The number of nitrogens with two attached hydrogens (primary N) is 1. The smallest absolute Gasteiger partial charge is 0.223 e. The van der Waals surface area contributed by atoms with E-state index in [1.165, 1.54) is 14.2 Å². The minimum absolute atomic E-state index is 0.0627. The summed E-state index contributed by atoms with van der Waals surface area (Å²) < 4.78 is 52.0. The Hall–Kier alpha value is -3.35. The molecule has 5 rings (SSSR count). The minimum Gasteiger partial charge on any atom is -0.494 e. The molecule has 198 valence electrons. The quantitative estimate of drug-likeness (QED) is 0.486. The highest BCUT2D eigenvalue weighted by Crippen LogP contribution is 2.40. The number of methoxy groups -OCH3 is 3. The molecule has 0 radical (unpaired) electrons. The summed E-state index contributed by atoms with van der Waals surface area (Å²) in [6.07, 6.45) is 2.32. The van der Waals surface area contributed by atoms with E-state index in [1.54, 1.807) is 19.4 Å². The van der Waals surface area contributed by atoms with Gasteiger partial charge in [0.2, 0.25) is 5.95 Å². The van der Waals surface area contributed by atoms with Crippen molar-refractivity contribution >= 4 is 22.7 Å². The van der Waals surface area contributed by atoms with Gasteiger partial charge in [-0.05, 0) is 19.4 Å². The number of anilines is 2. The highest BCUT2D eigenvalue weighted by atomic mass is 19.1. The van der Waals surface area contributed by atoms with Gasteiger partial charge in [0, 0.05) is 37.4 Å². The van der Waals surface area contributed by atoms with E-state index in [2.05, 4.69) is 15.3 Å². The van der Waals surface area contributed by atoms with Crippen molar-refractivity contribution in [3.8, 4) is 22.8 Å². The van der Waals surface area contributed by atoms with Gasteiger partial charge >= 0.3 is 0 Å². The molecule has 2 fully saturated rings. The largest absolute Gasteiger partial charge is 0.494 e. The summed E-state index contributed by atoms with van der Waals surface area (Å²) in [5.74, 6) is -1.25. The van der Waals surface area contributed by atoms with E-state index in [0.29, 0.717) is 49.0 Å². The summed E-state index contributed by atoms with van der Waals surface area (Å²) in [4.78, 5) is 15.8. The third-order valence-corrected chi connectivity index (χ3v) is 6.94. The summed E-state index contributed by atoms with van der Waals surface area (Å²) in [5.41, 5.74) is 6.09. The van der Waals surface area contributed by atoms with Crippen LogP contribution in [0.15, 0.2) is 18.3 Å². The molecule has 0 aliphatic carbocycles. The number of pyridine rings is 1. The van der Waals surface area contributed by atoms with E-state index in [1.807, 2.05) is 11.8 Å². The first kappa shape index (κ1) is 25.3. The molecular weight excluding hydrogens is 486 g/mol. The van der Waals surface area contributed by atoms with Crippen LogP contribution in [0.1, 0.15) is 13.3 Å². The standard InChI is InChI=1S/C25H30F2N6O4/c1-25(36-4)11-33(12-25)23-22-13(9-29-24(32-22)31-16-10-37-6-5-14(16)28)7-15(30-23)19-20(26)17(34-2)8-18(35-3)21(19)27/h7-9,14,16H,5-6,10-12,28H2,1-4H3,(H,29,31,32)/t14-,16+/m0/s1. The van der Waals surface area contributed by atoms with Crippen LogP contribution in [0.4, 0.5) is 20.5 Å². The van der Waals surface area contributed by atoms with Crippen LogP contribution in [0.2, 0.25) is 0 Å². The molecule has 2 aliphatic heterocycles. The van der Waals surface area contributed by atoms with E-state index in [0.717, 1.165) is 12.5 Å². The molecule has 0 saturated carbocycles. The van der Waals surface area contributed by atoms with E-state index < -0.39 is 11.6 Å². The van der Waals surface area contributed by atoms with E-state index in [4.69, 9.17) is 29.7 Å². The predicted octanol–water partition coefficient (Wildman–Crippen LogP) is 2.74. The predicted molar refractivity (Wildman–Crippen MR) is 134 cm³/mol. The van der Waals surface area contributed by atoms with Gasteiger partial charge in [-0.3, -0.25) is 0 Å². The minimum atomic E-state index is -0.880. The molecule has 3 N–H and O–H groups in total. The zero-order chi connectivity index (χ0) is 26.3. The molecule has 0 spiro atoms. The van der Waals surface area contributed by atoms with Gasteiger partial charge in [-0.15, -0.1) is 0 Å². The van der Waals surface area contributed by atoms with Gasteiger partial charge in [0.1, 0.15) is 5.52 Å². The number of halogens is 2. The van der Waals surface area contributed by atoms with Crippen molar-refractivity contribution in [2.24, 2.45) is 5.73 Å². The van der Waals surface area contributed by atoms with Crippen LogP contribution in [0.5, 0.6) is 11.5 Å². The molecular formula is C25H30F2N6O4. The zero-order valence-corrected chi connectivity index (χ0v) is 21.2. The first-order valence-electron chi connectivity index (χ1n) is 11.9. The fourth-order valence-corrected chi connectivity index (χ4v) is 4.66. The first-order chi connectivity index (χ1) is 17.8. The molecule has 2 atom stereocenters. The van der Waals surface area contributed by atoms with Crippen molar-refractivity contribution in [1.82, 2.24) is 15.0 Å². The van der Waals surface area contributed by atoms with Gasteiger partial charge in [0.25, 0.3) is 0 Å². The number of hydrogen-bond donors (Lipinski definition) is 2. The molecule has 1 aromatic carbocycles. The second kappa shape index (κ2) is 9.84. The maximum atomic E-state index is 15.3. The Balaban J connectivity index is 1.63. The second-order valence-corrected chi connectivity index (χ2v) is 9.53. The third kappa shape index (κ3) is 4.60. The van der Waals surface area contributed by atoms with Crippen LogP contribution >= 0.6 is 0 Å². The maximum Gasteiger partial charge on any atom is 0.223 e. The van der Waals surface area contributed by atoms with Gasteiger partial charge in [0.05, 0.1) is 56.8 Å². The van der Waals surface area contributed by atoms with Crippen LogP contribution in [0.25, 0.3) is 22.2 Å². The van der Waals surface area contributed by atoms with E-state index in [9.17, 15) is 0 Å². The number of aromatic nitrogens is 3. The Morgan fingerprint density at radius 3 is 2.43 bits per heavy atom. The normalized spacial score (nSPS) is 21.0. The van der Waals surface area contributed by atoms with Crippen molar-refractivity contribution in [1.29, 1.82) is 0 Å². The highest BCUT2D eigenvalue weighted by molar-refractivity contribution is 5.92. The first-order valence-corrected chi connectivity index (χ1v) is 11.9. The molecule has 2 saturated heterocycles. The molecule has 37 heavy (non-hydrogen) atoms. The number of fused-ring (bicyclic) bond motifs is 1. The van der Waals surface area contributed by atoms with Gasteiger partial charge in [-0.2, -0.15) is 0 Å². The van der Waals surface area contributed by atoms with Gasteiger partial charge in [0.15, 0.2) is 29.0 Å². The molecule has 12 heteroatoms. The van der Waals surface area contributed by atoms with E-state index in [-0.39, 0.29) is 40.4 Å². The molecule has 0 unspecified atom stereocenters. The van der Waals surface area contributed by atoms with Crippen molar-refractivity contribution < 1.29 is 27.7 Å². The molecule has 10 nitrogen and oxygen atoms in total. The molecule has 2 aliphatic rings. The lowest BCUT2D eigenvalue weighted by atomic mass is 9.96. The summed E-state index contributed by atoms with van der Waals surface area (Å²) in [7, 11) is 4.25. The van der Waals surface area contributed by atoms with Crippen molar-refractivity contribution in [2.75, 3.05) is 57.8 Å². The van der Waals surface area contributed by atoms with Crippen LogP contribution in [0.3, 0.4) is 0 Å². The second-order valence-electron chi connectivity index (χ2n) is 9.53. The van der Waals surface area contributed by atoms with Gasteiger partial charge in [-0.1, -0.05) is 0 Å². The summed E-state index contributed by atoms with van der Waals surface area (Å²) >= 11 is 0. The number of nitrogens with zero attached hydrogens (tertiary/aromatic N) is 4. The SMILES string of the molecule is COc1cc(OC)c(F)c(-c2cc3cnc(N[C@@H]4COCC[C@@H]4N)nc3c(N3CC(C)(OC)C3)n2)c1F. The Labute approximate surface area is 213 Å². The van der Waals surface area contributed by atoms with Crippen molar-refractivity contribution in [3.05, 3.63) is 30.0 Å². The molecule has 0 bridgehead atoms. The van der Waals surface area contributed by atoms with Crippen LogP contribution in [-0.2, 0) is 9.47 Å². The molecule has 2 aromatic heterocycles. The number of ether oxygens (including phenoxy) is 4. The lowest BCUT2D eigenvalue weighted by Gasteiger charge is -2.47. The Morgan fingerprint density at radius 2 is 1.81 bits per heavy atom. The van der Waals surface area contributed by atoms with Crippen LogP contribution in [0, 0.1) is 11.6 Å². The van der Waals surface area contributed by atoms with Gasteiger partial charge in [-0.25, -0.2) is 23.7 Å². The average molecular weight is 517 g/mol.